The zero-order chi connectivity index (χ0) is 11.6. The average Bonchev–Trinajstić information content (AvgIpc) is 2.36. The smallest absolute Gasteiger partial charge is 0.142 e. The third-order valence-electron chi connectivity index (χ3n) is 5.23. The zero-order valence-electron chi connectivity index (χ0n) is 10.6. The number of carbonyl (C=O) groups is 1. The molecule has 2 heteroatoms. The van der Waals surface area contributed by atoms with Crippen molar-refractivity contribution in [2.24, 2.45) is 11.8 Å². The lowest BCUT2D eigenvalue weighted by Gasteiger charge is -2.46. The molecule has 0 radical (unpaired) electrons. The molecule has 2 bridgehead atoms. The summed E-state index contributed by atoms with van der Waals surface area (Å²) in [5, 5.41) is 3.68. The van der Waals surface area contributed by atoms with E-state index in [-0.39, 0.29) is 22.9 Å². The van der Waals surface area contributed by atoms with Crippen LogP contribution < -0.4 is 5.32 Å². The predicted octanol–water partition coefficient (Wildman–Crippen LogP) is 2.30. The fourth-order valence-corrected chi connectivity index (χ4v) is 3.32. The van der Waals surface area contributed by atoms with Crippen LogP contribution in [0.15, 0.2) is 11.1 Å². The van der Waals surface area contributed by atoms with Crippen LogP contribution in [-0.4, -0.2) is 16.9 Å². The number of ketones is 1. The summed E-state index contributed by atoms with van der Waals surface area (Å²) in [7, 11) is 0. The van der Waals surface area contributed by atoms with Gasteiger partial charge in [-0.25, -0.2) is 0 Å². The Morgan fingerprint density at radius 3 is 1.67 bits per heavy atom. The van der Waals surface area contributed by atoms with Crippen LogP contribution in [0, 0.1) is 11.8 Å². The van der Waals surface area contributed by atoms with Crippen molar-refractivity contribution in [1.29, 1.82) is 0 Å². The van der Waals surface area contributed by atoms with Crippen LogP contribution in [0.25, 0.3) is 0 Å². The van der Waals surface area contributed by atoms with Crippen LogP contribution in [0.2, 0.25) is 0 Å². The molecule has 0 aromatic rings. The van der Waals surface area contributed by atoms with E-state index < -0.39 is 0 Å². The Hall–Kier alpha value is -0.630. The Kier molecular flexibility index (Phi) is 1.98. The van der Waals surface area contributed by atoms with Crippen molar-refractivity contribution in [2.45, 2.75) is 52.6 Å². The molecule has 0 saturated carbocycles. The molecule has 2 nitrogen and oxygen atoms in total. The first-order chi connectivity index (χ1) is 6.75. The van der Waals surface area contributed by atoms with Gasteiger partial charge in [-0.3, -0.25) is 10.1 Å². The fourth-order valence-electron chi connectivity index (χ4n) is 3.32. The first kappa shape index (κ1) is 10.9. The van der Waals surface area contributed by atoms with Gasteiger partial charge < -0.3 is 0 Å². The number of carbonyl (C=O) groups excluding carboxylic acids is 1. The molecule has 4 atom stereocenters. The maximum Gasteiger partial charge on any atom is 0.142 e. The number of fused-ring (bicyclic) bond motifs is 2. The first-order valence-corrected chi connectivity index (χ1v) is 5.76. The second-order valence-corrected chi connectivity index (χ2v) is 5.63. The van der Waals surface area contributed by atoms with Crippen molar-refractivity contribution in [1.82, 2.24) is 5.32 Å². The highest BCUT2D eigenvalue weighted by Gasteiger charge is 2.58. The van der Waals surface area contributed by atoms with Crippen molar-refractivity contribution in [3.63, 3.8) is 0 Å². The number of hydrogen-bond acceptors (Lipinski definition) is 2. The molecular formula is C13H21NO. The van der Waals surface area contributed by atoms with Gasteiger partial charge in [0.2, 0.25) is 0 Å². The van der Waals surface area contributed by atoms with Crippen LogP contribution in [0.1, 0.15) is 41.5 Å². The van der Waals surface area contributed by atoms with E-state index in [0.29, 0.717) is 5.78 Å². The quantitative estimate of drug-likeness (QED) is 0.617. The van der Waals surface area contributed by atoms with E-state index in [2.05, 4.69) is 33.0 Å². The third kappa shape index (κ3) is 1.01. The summed E-state index contributed by atoms with van der Waals surface area (Å²) in [4.78, 5) is 12.2. The minimum absolute atomic E-state index is 0.0815. The third-order valence-corrected chi connectivity index (χ3v) is 5.23. The predicted molar refractivity (Wildman–Crippen MR) is 61.7 cm³/mol. The van der Waals surface area contributed by atoms with Crippen molar-refractivity contribution in [3.8, 4) is 0 Å². The number of Topliss-reactive ketones (excluding diaryl/α,β-unsaturated/α-hetero) is 1. The summed E-state index contributed by atoms with van der Waals surface area (Å²) in [5.74, 6) is 0.561. The Labute approximate surface area is 92.1 Å². The molecule has 2 heterocycles. The topological polar surface area (TPSA) is 29.1 Å². The van der Waals surface area contributed by atoms with Gasteiger partial charge in [0.1, 0.15) is 5.78 Å². The molecule has 0 aromatic carbocycles. The molecule has 2 aliphatic rings. The summed E-state index contributed by atoms with van der Waals surface area (Å²) in [6.45, 7) is 12.7. The lowest BCUT2D eigenvalue weighted by atomic mass is 9.70. The monoisotopic (exact) mass is 207 g/mol. The molecular weight excluding hydrogens is 186 g/mol. The van der Waals surface area contributed by atoms with Crippen molar-refractivity contribution >= 4 is 5.78 Å². The van der Waals surface area contributed by atoms with E-state index >= 15 is 0 Å². The Balaban J connectivity index is 2.63. The maximum atomic E-state index is 12.2. The van der Waals surface area contributed by atoms with Crippen LogP contribution in [-0.2, 0) is 4.79 Å². The highest BCUT2D eigenvalue weighted by Crippen LogP contribution is 2.49. The van der Waals surface area contributed by atoms with Crippen LogP contribution in [0.5, 0.6) is 0 Å². The lowest BCUT2D eigenvalue weighted by molar-refractivity contribution is -0.132. The zero-order valence-corrected chi connectivity index (χ0v) is 10.6. The van der Waals surface area contributed by atoms with E-state index in [1.807, 2.05) is 13.8 Å². The minimum atomic E-state index is -0.123. The summed E-state index contributed by atoms with van der Waals surface area (Å²) in [6, 6.07) is 0. The van der Waals surface area contributed by atoms with Gasteiger partial charge >= 0.3 is 0 Å². The lowest BCUT2D eigenvalue weighted by Crippen LogP contribution is -2.64. The molecule has 1 saturated heterocycles. The molecule has 2 rings (SSSR count). The van der Waals surface area contributed by atoms with E-state index in [0.717, 1.165) is 0 Å². The van der Waals surface area contributed by atoms with Gasteiger partial charge in [-0.2, -0.15) is 0 Å². The van der Waals surface area contributed by atoms with Crippen molar-refractivity contribution in [2.75, 3.05) is 0 Å². The molecule has 1 N–H and O–H groups in total. The highest BCUT2D eigenvalue weighted by atomic mass is 16.1. The SMILES string of the molecule is CC1=C(C)[C@@]2(C)N[C@]1(C)[C@@H](C)C(=O)[C@H]2C. The molecule has 1 fully saturated rings. The molecule has 15 heavy (non-hydrogen) atoms. The largest absolute Gasteiger partial charge is 0.299 e. The number of hydrogen-bond donors (Lipinski definition) is 1. The Morgan fingerprint density at radius 1 is 1.00 bits per heavy atom. The summed E-state index contributed by atoms with van der Waals surface area (Å²) in [5.41, 5.74) is 2.47. The highest BCUT2D eigenvalue weighted by molar-refractivity contribution is 5.89. The summed E-state index contributed by atoms with van der Waals surface area (Å²) in [6.07, 6.45) is 0. The Morgan fingerprint density at radius 2 is 1.33 bits per heavy atom. The van der Waals surface area contributed by atoms with E-state index in [4.69, 9.17) is 0 Å². The van der Waals surface area contributed by atoms with Gasteiger partial charge in [-0.05, 0) is 27.7 Å². The number of piperidine rings is 1. The van der Waals surface area contributed by atoms with E-state index in [1.54, 1.807) is 0 Å². The van der Waals surface area contributed by atoms with E-state index in [9.17, 15) is 4.79 Å². The second-order valence-electron chi connectivity index (χ2n) is 5.63. The molecule has 0 spiro atoms. The maximum absolute atomic E-state index is 12.2. The molecule has 0 amide bonds. The fraction of sp³-hybridized carbons (Fsp3) is 0.769. The van der Waals surface area contributed by atoms with Gasteiger partial charge in [-0.1, -0.05) is 25.0 Å². The normalized spacial score (nSPS) is 50.1. The van der Waals surface area contributed by atoms with Gasteiger partial charge in [0.25, 0.3) is 0 Å². The minimum Gasteiger partial charge on any atom is -0.299 e. The van der Waals surface area contributed by atoms with Crippen molar-refractivity contribution < 1.29 is 4.79 Å². The van der Waals surface area contributed by atoms with Gasteiger partial charge in [-0.15, -0.1) is 0 Å². The van der Waals surface area contributed by atoms with Crippen LogP contribution in [0.4, 0.5) is 0 Å². The van der Waals surface area contributed by atoms with Crippen LogP contribution >= 0.6 is 0 Å². The van der Waals surface area contributed by atoms with Gasteiger partial charge in [0, 0.05) is 22.9 Å². The van der Waals surface area contributed by atoms with E-state index in [1.165, 1.54) is 11.1 Å². The summed E-state index contributed by atoms with van der Waals surface area (Å²) < 4.78 is 0. The average molecular weight is 207 g/mol. The van der Waals surface area contributed by atoms with Gasteiger partial charge in [0.05, 0.1) is 0 Å². The second kappa shape index (κ2) is 2.73. The molecule has 0 aromatic heterocycles. The number of nitrogens with one attached hydrogen (secondary N) is 1. The molecule has 2 aliphatic heterocycles. The molecule has 0 aliphatic carbocycles. The Bertz CT molecular complexity index is 339. The molecule has 0 unspecified atom stereocenters. The number of rotatable bonds is 0. The summed E-state index contributed by atoms with van der Waals surface area (Å²) >= 11 is 0. The first-order valence-electron chi connectivity index (χ1n) is 5.76. The standard InChI is InChI=1S/C13H21NO/c1-7-8(2)13(6)10(4)11(15)9(3)12(7,5)14-13/h9-10,14H,1-6H3/t9-,10+,12-,13+. The van der Waals surface area contributed by atoms with Gasteiger partial charge in [0.15, 0.2) is 0 Å². The van der Waals surface area contributed by atoms with Crippen LogP contribution in [0.3, 0.4) is 0 Å². The van der Waals surface area contributed by atoms with Crippen molar-refractivity contribution in [3.05, 3.63) is 11.1 Å². The molecule has 84 valence electrons.